The van der Waals surface area contributed by atoms with E-state index in [4.69, 9.17) is 4.52 Å². The van der Waals surface area contributed by atoms with E-state index < -0.39 is 0 Å². The van der Waals surface area contributed by atoms with Crippen molar-refractivity contribution in [3.05, 3.63) is 17.5 Å². The molecule has 1 saturated heterocycles. The van der Waals surface area contributed by atoms with Gasteiger partial charge in [0, 0.05) is 24.0 Å². The molecule has 2 unspecified atom stereocenters. The normalized spacial score (nSPS) is 25.1. The van der Waals surface area contributed by atoms with Crippen LogP contribution in [0.2, 0.25) is 0 Å². The number of amides is 1. The van der Waals surface area contributed by atoms with Gasteiger partial charge in [0.1, 0.15) is 5.76 Å². The van der Waals surface area contributed by atoms with E-state index in [0.29, 0.717) is 17.4 Å². The minimum absolute atomic E-state index is 0.0225. The molecule has 2 atom stereocenters. The van der Waals surface area contributed by atoms with E-state index >= 15 is 0 Å². The molecule has 4 nitrogen and oxygen atoms in total. The van der Waals surface area contributed by atoms with Gasteiger partial charge >= 0.3 is 0 Å². The molecule has 1 aromatic heterocycles. The number of likely N-dealkylation sites (tertiary alicyclic amines) is 1. The third-order valence-corrected chi connectivity index (χ3v) is 3.81. The first kappa shape index (κ1) is 11.6. The summed E-state index contributed by atoms with van der Waals surface area (Å²) in [5.41, 5.74) is 0.414. The summed E-state index contributed by atoms with van der Waals surface area (Å²) in [6.45, 7) is 4.77. The Balaban J connectivity index is 2.16. The smallest absolute Gasteiger partial charge is 0.276 e. The summed E-state index contributed by atoms with van der Waals surface area (Å²) in [5.74, 6) is 1.19. The molecule has 0 radical (unpaired) electrons. The number of hydrogen-bond donors (Lipinski definition) is 0. The van der Waals surface area contributed by atoms with Crippen molar-refractivity contribution in [1.29, 1.82) is 0 Å². The fourth-order valence-electron chi connectivity index (χ4n) is 2.11. The molecule has 0 aromatic carbocycles. The van der Waals surface area contributed by atoms with Crippen LogP contribution in [0.5, 0.6) is 0 Å². The third kappa shape index (κ3) is 2.00. The summed E-state index contributed by atoms with van der Waals surface area (Å²) in [7, 11) is 0. The molecule has 88 valence electrons. The summed E-state index contributed by atoms with van der Waals surface area (Å²) in [5, 5.41) is 4.59. The number of halogens is 1. The van der Waals surface area contributed by atoms with Gasteiger partial charge in [-0.2, -0.15) is 0 Å². The Hall–Kier alpha value is -0.840. The molecule has 1 amide bonds. The predicted molar refractivity (Wildman–Crippen MR) is 63.6 cm³/mol. The lowest BCUT2D eigenvalue weighted by Gasteiger charge is -2.24. The maximum Gasteiger partial charge on any atom is 0.276 e. The molecule has 5 heteroatoms. The molecule has 0 aliphatic carbocycles. The molecule has 1 fully saturated rings. The summed E-state index contributed by atoms with van der Waals surface area (Å²) >= 11 is 3.47. The highest BCUT2D eigenvalue weighted by Gasteiger charge is 2.34. The number of rotatable bonds is 2. The zero-order valence-corrected chi connectivity index (χ0v) is 11.0. The standard InChI is InChI=1S/C11H15BrN2O2/c1-7-3-4-14(10(7)6-12)11(15)9-5-8(2)16-13-9/h5,7,10H,3-4,6H2,1-2H3. The first-order valence-corrected chi connectivity index (χ1v) is 6.56. The number of carbonyl (C=O) groups is 1. The third-order valence-electron chi connectivity index (χ3n) is 3.15. The van der Waals surface area contributed by atoms with E-state index in [1.807, 2.05) is 4.90 Å². The van der Waals surface area contributed by atoms with Crippen LogP contribution >= 0.6 is 15.9 Å². The lowest BCUT2D eigenvalue weighted by molar-refractivity contribution is 0.0728. The van der Waals surface area contributed by atoms with Crippen LogP contribution in [0.1, 0.15) is 29.6 Å². The highest BCUT2D eigenvalue weighted by atomic mass is 79.9. The number of aromatic nitrogens is 1. The van der Waals surface area contributed by atoms with Gasteiger partial charge in [0.25, 0.3) is 5.91 Å². The van der Waals surface area contributed by atoms with Gasteiger partial charge in [0.05, 0.1) is 0 Å². The van der Waals surface area contributed by atoms with Crippen molar-refractivity contribution < 1.29 is 9.32 Å². The summed E-state index contributed by atoms with van der Waals surface area (Å²) < 4.78 is 4.93. The molecule has 2 heterocycles. The van der Waals surface area contributed by atoms with Crippen LogP contribution in [0.25, 0.3) is 0 Å². The van der Waals surface area contributed by atoms with Crippen LogP contribution in [-0.4, -0.2) is 33.9 Å². The Kier molecular flexibility index (Phi) is 3.33. The van der Waals surface area contributed by atoms with Gasteiger partial charge in [0.2, 0.25) is 0 Å². The van der Waals surface area contributed by atoms with Gasteiger partial charge in [-0.15, -0.1) is 0 Å². The topological polar surface area (TPSA) is 46.3 Å². The van der Waals surface area contributed by atoms with Crippen molar-refractivity contribution in [2.75, 3.05) is 11.9 Å². The van der Waals surface area contributed by atoms with Crippen LogP contribution < -0.4 is 0 Å². The van der Waals surface area contributed by atoms with Gasteiger partial charge in [-0.1, -0.05) is 28.0 Å². The van der Waals surface area contributed by atoms with Crippen molar-refractivity contribution in [3.63, 3.8) is 0 Å². The van der Waals surface area contributed by atoms with Crippen LogP contribution in [0.15, 0.2) is 10.6 Å². The van der Waals surface area contributed by atoms with Gasteiger partial charge in [-0.05, 0) is 19.3 Å². The number of carbonyl (C=O) groups excluding carboxylic acids is 1. The maximum absolute atomic E-state index is 12.2. The second-order valence-electron chi connectivity index (χ2n) is 4.31. The molecule has 1 aliphatic rings. The van der Waals surface area contributed by atoms with Crippen molar-refractivity contribution >= 4 is 21.8 Å². The molecule has 0 bridgehead atoms. The molecule has 0 spiro atoms. The Morgan fingerprint density at radius 3 is 3.06 bits per heavy atom. The molecular weight excluding hydrogens is 272 g/mol. The molecule has 1 aliphatic heterocycles. The minimum Gasteiger partial charge on any atom is -0.361 e. The average Bonchev–Trinajstić information content (AvgIpc) is 2.83. The number of hydrogen-bond acceptors (Lipinski definition) is 3. The van der Waals surface area contributed by atoms with E-state index in [1.165, 1.54) is 0 Å². The zero-order chi connectivity index (χ0) is 11.7. The molecule has 0 saturated carbocycles. The molecule has 0 N–H and O–H groups in total. The largest absolute Gasteiger partial charge is 0.361 e. The number of nitrogens with zero attached hydrogens (tertiary/aromatic N) is 2. The Morgan fingerprint density at radius 1 is 1.75 bits per heavy atom. The maximum atomic E-state index is 12.2. The second-order valence-corrected chi connectivity index (χ2v) is 4.96. The minimum atomic E-state index is -0.0225. The van der Waals surface area contributed by atoms with E-state index in [-0.39, 0.29) is 11.9 Å². The quantitative estimate of drug-likeness (QED) is 0.784. The first-order chi connectivity index (χ1) is 7.63. The van der Waals surface area contributed by atoms with Crippen LogP contribution in [0.3, 0.4) is 0 Å². The summed E-state index contributed by atoms with van der Waals surface area (Å²) in [6, 6.07) is 1.96. The zero-order valence-electron chi connectivity index (χ0n) is 9.44. The summed E-state index contributed by atoms with van der Waals surface area (Å²) in [6.07, 6.45) is 1.05. The molecule has 2 rings (SSSR count). The van der Waals surface area contributed by atoms with Gasteiger partial charge in [0.15, 0.2) is 5.69 Å². The van der Waals surface area contributed by atoms with E-state index in [2.05, 4.69) is 28.0 Å². The van der Waals surface area contributed by atoms with Crippen LogP contribution in [-0.2, 0) is 0 Å². The van der Waals surface area contributed by atoms with Gasteiger partial charge in [-0.25, -0.2) is 0 Å². The number of alkyl halides is 1. The molecular formula is C11H15BrN2O2. The lowest BCUT2D eigenvalue weighted by atomic mass is 10.1. The highest BCUT2D eigenvalue weighted by molar-refractivity contribution is 9.09. The summed E-state index contributed by atoms with van der Waals surface area (Å²) in [4.78, 5) is 14.0. The van der Waals surface area contributed by atoms with Crippen LogP contribution in [0, 0.1) is 12.8 Å². The SMILES string of the molecule is Cc1cc(C(=O)N2CCC(C)C2CBr)no1. The lowest BCUT2D eigenvalue weighted by Crippen LogP contribution is -2.38. The first-order valence-electron chi connectivity index (χ1n) is 5.43. The van der Waals surface area contributed by atoms with Crippen molar-refractivity contribution in [1.82, 2.24) is 10.1 Å². The fourth-order valence-corrected chi connectivity index (χ4v) is 3.10. The average molecular weight is 287 g/mol. The number of aryl methyl sites for hydroxylation is 1. The van der Waals surface area contributed by atoms with Crippen molar-refractivity contribution in [2.24, 2.45) is 5.92 Å². The Bertz CT molecular complexity index is 391. The van der Waals surface area contributed by atoms with Crippen molar-refractivity contribution in [3.8, 4) is 0 Å². The molecule has 1 aromatic rings. The Labute approximate surface area is 103 Å². The predicted octanol–water partition coefficient (Wildman–Crippen LogP) is 2.23. The van der Waals surface area contributed by atoms with E-state index in [1.54, 1.807) is 13.0 Å². The Morgan fingerprint density at radius 2 is 2.50 bits per heavy atom. The van der Waals surface area contributed by atoms with E-state index in [0.717, 1.165) is 18.3 Å². The van der Waals surface area contributed by atoms with Gasteiger partial charge in [-0.3, -0.25) is 4.79 Å². The molecule has 16 heavy (non-hydrogen) atoms. The second kappa shape index (κ2) is 4.57. The highest BCUT2D eigenvalue weighted by Crippen LogP contribution is 2.26. The van der Waals surface area contributed by atoms with Gasteiger partial charge < -0.3 is 9.42 Å². The van der Waals surface area contributed by atoms with Crippen LogP contribution in [0.4, 0.5) is 0 Å². The van der Waals surface area contributed by atoms with Crippen molar-refractivity contribution in [2.45, 2.75) is 26.3 Å². The monoisotopic (exact) mass is 286 g/mol. The van der Waals surface area contributed by atoms with E-state index in [9.17, 15) is 4.79 Å². The fraction of sp³-hybridized carbons (Fsp3) is 0.636.